The summed E-state index contributed by atoms with van der Waals surface area (Å²) in [5, 5.41) is 35.5. The van der Waals surface area contributed by atoms with Crippen molar-refractivity contribution in [2.45, 2.75) is 50.4 Å². The highest BCUT2D eigenvalue weighted by Crippen LogP contribution is 2.44. The summed E-state index contributed by atoms with van der Waals surface area (Å²) in [6.07, 6.45) is -0.243. The van der Waals surface area contributed by atoms with Gasteiger partial charge in [-0.25, -0.2) is 0 Å². The number of alkyl halides is 3. The number of nitrogens with zero attached hydrogens (tertiary/aromatic N) is 4. The SMILES string of the molecule is Oc1nc([N+]2(C3CCNCC3)CCCC(O)C2)sc1C(Cc1ccc(Cl)cc1C(F)(F)F)=c1ccc2c(c1)C=NN=2. The highest BCUT2D eigenvalue weighted by atomic mass is 35.5. The zero-order valence-electron chi connectivity index (χ0n) is 22.2. The Morgan fingerprint density at radius 3 is 2.68 bits per heavy atom. The minimum absolute atomic E-state index is 0.00188. The number of aromatic hydroxyl groups is 1. The smallest absolute Gasteiger partial charge is 0.416 e. The first-order valence-corrected chi connectivity index (χ1v) is 14.9. The molecule has 0 spiro atoms. The van der Waals surface area contributed by atoms with E-state index in [1.54, 1.807) is 18.3 Å². The third-order valence-corrected chi connectivity index (χ3v) is 9.88. The summed E-state index contributed by atoms with van der Waals surface area (Å²) in [5.74, 6) is -0.215. The first kappa shape index (κ1) is 28.3. The molecule has 3 N–H and O–H groups in total. The molecule has 3 aliphatic rings. The van der Waals surface area contributed by atoms with Crippen LogP contribution in [0.3, 0.4) is 0 Å². The van der Waals surface area contributed by atoms with Crippen LogP contribution in [0.2, 0.25) is 5.02 Å². The number of thiazole rings is 1. The number of hydrogen-bond acceptors (Lipinski definition) is 7. The number of quaternary nitrogens is 1. The summed E-state index contributed by atoms with van der Waals surface area (Å²) >= 11 is 7.28. The topological polar surface area (TPSA) is 90.1 Å². The van der Waals surface area contributed by atoms with E-state index in [1.807, 2.05) is 6.07 Å². The summed E-state index contributed by atoms with van der Waals surface area (Å²) in [4.78, 5) is 5.09. The monoisotopic (exact) mass is 604 g/mol. The van der Waals surface area contributed by atoms with Gasteiger partial charge in [0.25, 0.3) is 5.13 Å². The maximum absolute atomic E-state index is 14.1. The van der Waals surface area contributed by atoms with E-state index in [4.69, 9.17) is 11.6 Å². The van der Waals surface area contributed by atoms with Gasteiger partial charge in [0.15, 0.2) is 0 Å². The molecule has 2 fully saturated rings. The molecule has 12 heteroatoms. The fraction of sp³-hybridized carbons (Fsp3) is 0.414. The number of piperidine rings is 2. The number of fused-ring (bicyclic) bond motifs is 1. The van der Waals surface area contributed by atoms with Gasteiger partial charge in [0.05, 0.1) is 29.7 Å². The Morgan fingerprint density at radius 1 is 1.12 bits per heavy atom. The van der Waals surface area contributed by atoms with Gasteiger partial charge < -0.3 is 15.5 Å². The van der Waals surface area contributed by atoms with Crippen molar-refractivity contribution in [2.75, 3.05) is 26.2 Å². The zero-order valence-corrected chi connectivity index (χ0v) is 23.7. The molecule has 1 aromatic heterocycles. The molecule has 0 aliphatic carbocycles. The number of aliphatic hydroxyl groups excluding tert-OH is 1. The van der Waals surface area contributed by atoms with Gasteiger partial charge in [-0.15, -0.1) is 4.98 Å². The number of halogens is 4. The molecule has 0 radical (unpaired) electrons. The van der Waals surface area contributed by atoms with Crippen LogP contribution in [0.15, 0.2) is 46.6 Å². The van der Waals surface area contributed by atoms with E-state index in [0.29, 0.717) is 43.6 Å². The second-order valence-electron chi connectivity index (χ2n) is 10.9. The van der Waals surface area contributed by atoms with E-state index in [1.165, 1.54) is 23.5 Å². The van der Waals surface area contributed by atoms with Crippen molar-refractivity contribution in [1.82, 2.24) is 14.8 Å². The van der Waals surface area contributed by atoms with Gasteiger partial charge in [-0.3, -0.25) is 4.48 Å². The number of hydrogen-bond donors (Lipinski definition) is 3. The van der Waals surface area contributed by atoms with E-state index in [-0.39, 0.29) is 28.9 Å². The van der Waals surface area contributed by atoms with Crippen molar-refractivity contribution in [1.29, 1.82) is 0 Å². The first-order chi connectivity index (χ1) is 19.6. The molecule has 7 nitrogen and oxygen atoms in total. The van der Waals surface area contributed by atoms with Crippen molar-refractivity contribution in [3.05, 3.63) is 73.6 Å². The van der Waals surface area contributed by atoms with Crippen LogP contribution in [0.4, 0.5) is 18.3 Å². The average molecular weight is 605 g/mol. The third kappa shape index (κ3) is 5.53. The van der Waals surface area contributed by atoms with Crippen LogP contribution < -0.4 is 20.4 Å². The van der Waals surface area contributed by atoms with Crippen LogP contribution >= 0.6 is 22.9 Å². The second-order valence-corrected chi connectivity index (χ2v) is 12.4. The quantitative estimate of drug-likeness (QED) is 0.382. The summed E-state index contributed by atoms with van der Waals surface area (Å²) in [6.45, 7) is 3.01. The van der Waals surface area contributed by atoms with Gasteiger partial charge in [0, 0.05) is 42.9 Å². The van der Waals surface area contributed by atoms with Gasteiger partial charge in [-0.2, -0.15) is 23.4 Å². The van der Waals surface area contributed by atoms with Crippen molar-refractivity contribution in [2.24, 2.45) is 10.2 Å². The molecule has 3 aromatic rings. The van der Waals surface area contributed by atoms with E-state index in [2.05, 4.69) is 20.5 Å². The molecular weight excluding hydrogens is 575 g/mol. The van der Waals surface area contributed by atoms with Crippen LogP contribution in [0.1, 0.15) is 47.3 Å². The van der Waals surface area contributed by atoms with Crippen LogP contribution in [0.25, 0.3) is 5.57 Å². The molecule has 2 atom stereocenters. The van der Waals surface area contributed by atoms with Crippen LogP contribution in [-0.4, -0.2) is 59.7 Å². The molecule has 6 rings (SSSR count). The summed E-state index contributed by atoms with van der Waals surface area (Å²) < 4.78 is 42.8. The van der Waals surface area contributed by atoms with Gasteiger partial charge in [0.2, 0.25) is 5.88 Å². The molecule has 2 unspecified atom stereocenters. The molecular formula is C29H30ClF3N5O2S+. The predicted molar refractivity (Wildman–Crippen MR) is 154 cm³/mol. The normalized spacial score (nSPS) is 23.8. The average Bonchev–Trinajstić information content (AvgIpc) is 3.58. The summed E-state index contributed by atoms with van der Waals surface area (Å²) in [6, 6.07) is 9.38. The summed E-state index contributed by atoms with van der Waals surface area (Å²) in [7, 11) is 0. The van der Waals surface area contributed by atoms with Crippen LogP contribution in [-0.2, 0) is 12.6 Å². The van der Waals surface area contributed by atoms with Gasteiger partial charge in [0.1, 0.15) is 17.5 Å². The first-order valence-electron chi connectivity index (χ1n) is 13.7. The molecule has 41 heavy (non-hydrogen) atoms. The number of benzene rings is 2. The molecule has 216 valence electrons. The van der Waals surface area contributed by atoms with Gasteiger partial charge in [-0.05, 0) is 53.5 Å². The van der Waals surface area contributed by atoms with Crippen molar-refractivity contribution in [3.63, 3.8) is 0 Å². The van der Waals surface area contributed by atoms with E-state index < -0.39 is 17.8 Å². The Hall–Kier alpha value is -2.83. The molecule has 0 saturated carbocycles. The largest absolute Gasteiger partial charge is 0.492 e. The highest BCUT2D eigenvalue weighted by molar-refractivity contribution is 7.16. The zero-order chi connectivity index (χ0) is 28.8. The lowest BCUT2D eigenvalue weighted by Crippen LogP contribution is -2.64. The lowest BCUT2D eigenvalue weighted by Gasteiger charge is -2.47. The van der Waals surface area contributed by atoms with Crippen molar-refractivity contribution in [3.8, 4) is 5.88 Å². The maximum Gasteiger partial charge on any atom is 0.416 e. The molecule has 0 bridgehead atoms. The Morgan fingerprint density at radius 2 is 1.93 bits per heavy atom. The van der Waals surface area contributed by atoms with Crippen LogP contribution in [0, 0.1) is 0 Å². The Kier molecular flexibility index (Phi) is 7.67. The second kappa shape index (κ2) is 11.1. The van der Waals surface area contributed by atoms with Gasteiger partial charge in [-0.1, -0.05) is 35.1 Å². The lowest BCUT2D eigenvalue weighted by atomic mass is 9.96. The van der Waals surface area contributed by atoms with Crippen molar-refractivity contribution < 1.29 is 23.4 Å². The Labute approximate surface area is 243 Å². The minimum Gasteiger partial charge on any atom is -0.492 e. The number of rotatable bonds is 5. The molecule has 2 saturated heterocycles. The number of likely N-dealkylation sites (tertiary alicyclic amines) is 1. The maximum atomic E-state index is 14.1. The lowest BCUT2D eigenvalue weighted by molar-refractivity contribution is -0.138. The minimum atomic E-state index is -4.61. The van der Waals surface area contributed by atoms with Crippen LogP contribution in [0.5, 0.6) is 5.88 Å². The molecule has 3 aliphatic heterocycles. The van der Waals surface area contributed by atoms with E-state index in [0.717, 1.165) is 50.5 Å². The third-order valence-electron chi connectivity index (χ3n) is 8.37. The summed E-state index contributed by atoms with van der Waals surface area (Å²) in [5.41, 5.74) is 0.486. The van der Waals surface area contributed by atoms with Gasteiger partial charge >= 0.3 is 6.18 Å². The van der Waals surface area contributed by atoms with E-state index >= 15 is 0 Å². The molecule has 2 aromatic carbocycles. The van der Waals surface area contributed by atoms with E-state index in [9.17, 15) is 23.4 Å². The Balaban J connectivity index is 1.52. The molecule has 0 amide bonds. The van der Waals surface area contributed by atoms with Crippen molar-refractivity contribution >= 4 is 39.9 Å². The standard InChI is InChI=1S/C29H29ClF3N5O2S/c30-20-5-3-18(24(14-20)29(31,32)33)13-23(17-4-6-25-19(12-17)15-35-37-25)26-27(40)36-28(41-26)38(11-1-2-22(39)16-38)21-7-9-34-10-8-21/h3-6,12,14-15,21-22,34,39H,1-2,7-11,13,16H2/p+1. The number of aliphatic hydroxyl groups is 1. The highest BCUT2D eigenvalue weighted by Gasteiger charge is 2.46. The Bertz CT molecular complexity index is 1620. The molecule has 4 heterocycles. The fourth-order valence-corrected chi connectivity index (χ4v) is 7.81. The number of aromatic nitrogens is 1. The number of nitrogens with one attached hydrogen (secondary N) is 1. The fourth-order valence-electron chi connectivity index (χ4n) is 6.38. The predicted octanol–water partition coefficient (Wildman–Crippen LogP) is 4.14.